The van der Waals surface area contributed by atoms with Crippen molar-refractivity contribution in [3.8, 4) is 0 Å². The van der Waals surface area contributed by atoms with Crippen molar-refractivity contribution in [2.75, 3.05) is 32.5 Å². The van der Waals surface area contributed by atoms with Gasteiger partial charge in [-0.1, -0.05) is 23.2 Å². The first-order valence-corrected chi connectivity index (χ1v) is 6.50. The van der Waals surface area contributed by atoms with Crippen molar-refractivity contribution < 1.29 is 4.79 Å². The van der Waals surface area contributed by atoms with E-state index in [9.17, 15) is 4.79 Å². The van der Waals surface area contributed by atoms with Gasteiger partial charge in [-0.2, -0.15) is 0 Å². The Balaban J connectivity index is 2.29. The van der Waals surface area contributed by atoms with Gasteiger partial charge in [0.1, 0.15) is 0 Å². The van der Waals surface area contributed by atoms with Crippen LogP contribution in [0, 0.1) is 0 Å². The van der Waals surface area contributed by atoms with Crippen LogP contribution in [0.1, 0.15) is 10.4 Å². The van der Waals surface area contributed by atoms with Crippen molar-refractivity contribution in [1.82, 2.24) is 10.2 Å². The third-order valence-electron chi connectivity index (χ3n) is 2.61. The van der Waals surface area contributed by atoms with Gasteiger partial charge in [0.05, 0.1) is 22.3 Å². The SMILES string of the molecule is CN(C)C(=O)c1cc(Cl)c(NC2=NCCN2)c(Cl)c1. The van der Waals surface area contributed by atoms with Crippen molar-refractivity contribution in [2.45, 2.75) is 0 Å². The number of halogens is 2. The fourth-order valence-electron chi connectivity index (χ4n) is 1.67. The van der Waals surface area contributed by atoms with Crippen molar-refractivity contribution in [2.24, 2.45) is 4.99 Å². The lowest BCUT2D eigenvalue weighted by Gasteiger charge is -2.14. The van der Waals surface area contributed by atoms with Crippen LogP contribution in [0.3, 0.4) is 0 Å². The number of hydrogen-bond acceptors (Lipinski definition) is 4. The Morgan fingerprint density at radius 3 is 2.47 bits per heavy atom. The molecule has 1 heterocycles. The number of nitrogens with one attached hydrogen (secondary N) is 2. The molecular formula is C12H14Cl2N4O. The van der Waals surface area contributed by atoms with E-state index in [2.05, 4.69) is 15.6 Å². The normalized spacial score (nSPS) is 13.8. The topological polar surface area (TPSA) is 56.7 Å². The van der Waals surface area contributed by atoms with E-state index in [-0.39, 0.29) is 5.91 Å². The number of rotatable bonds is 2. The number of carbonyl (C=O) groups is 1. The van der Waals surface area contributed by atoms with E-state index in [1.54, 1.807) is 26.2 Å². The maximum absolute atomic E-state index is 11.9. The zero-order valence-electron chi connectivity index (χ0n) is 10.6. The molecule has 7 heteroatoms. The molecule has 0 radical (unpaired) electrons. The molecule has 0 aromatic heterocycles. The number of nitrogens with zero attached hydrogens (tertiary/aromatic N) is 2. The van der Waals surface area contributed by atoms with Gasteiger partial charge in [0.25, 0.3) is 5.91 Å². The van der Waals surface area contributed by atoms with Gasteiger partial charge in [0.2, 0.25) is 0 Å². The number of hydrogen-bond donors (Lipinski definition) is 2. The lowest BCUT2D eigenvalue weighted by atomic mass is 10.2. The summed E-state index contributed by atoms with van der Waals surface area (Å²) in [6.07, 6.45) is 0. The summed E-state index contributed by atoms with van der Waals surface area (Å²) in [5, 5.41) is 6.85. The first-order chi connectivity index (χ1) is 8.99. The van der Waals surface area contributed by atoms with E-state index in [4.69, 9.17) is 23.2 Å². The maximum atomic E-state index is 11.9. The van der Waals surface area contributed by atoms with Crippen molar-refractivity contribution in [1.29, 1.82) is 0 Å². The maximum Gasteiger partial charge on any atom is 0.253 e. The van der Waals surface area contributed by atoms with E-state index >= 15 is 0 Å². The Morgan fingerprint density at radius 1 is 1.37 bits per heavy atom. The fourth-order valence-corrected chi connectivity index (χ4v) is 2.26. The van der Waals surface area contributed by atoms with Crippen LogP contribution < -0.4 is 10.6 Å². The summed E-state index contributed by atoms with van der Waals surface area (Å²) < 4.78 is 0. The number of amides is 1. The van der Waals surface area contributed by atoms with Crippen molar-refractivity contribution >= 4 is 40.8 Å². The van der Waals surface area contributed by atoms with Crippen LogP contribution in [0.15, 0.2) is 17.1 Å². The lowest BCUT2D eigenvalue weighted by Crippen LogP contribution is -2.26. The molecule has 0 saturated heterocycles. The minimum absolute atomic E-state index is 0.147. The van der Waals surface area contributed by atoms with Gasteiger partial charge in [-0.3, -0.25) is 9.79 Å². The van der Waals surface area contributed by atoms with Gasteiger partial charge in [-0.25, -0.2) is 0 Å². The first-order valence-electron chi connectivity index (χ1n) is 5.75. The van der Waals surface area contributed by atoms with E-state index in [0.29, 0.717) is 27.3 Å². The Bertz CT molecular complexity index is 520. The predicted molar refractivity (Wildman–Crippen MR) is 78.4 cm³/mol. The largest absolute Gasteiger partial charge is 0.354 e. The van der Waals surface area contributed by atoms with Gasteiger partial charge in [-0.05, 0) is 12.1 Å². The summed E-state index contributed by atoms with van der Waals surface area (Å²) in [6, 6.07) is 3.18. The van der Waals surface area contributed by atoms with Crippen LogP contribution >= 0.6 is 23.2 Å². The highest BCUT2D eigenvalue weighted by molar-refractivity contribution is 6.40. The number of carbonyl (C=O) groups excluding carboxylic acids is 1. The molecule has 1 aliphatic rings. The molecule has 19 heavy (non-hydrogen) atoms. The third kappa shape index (κ3) is 3.11. The van der Waals surface area contributed by atoms with Crippen molar-refractivity contribution in [3.63, 3.8) is 0 Å². The summed E-state index contributed by atoms with van der Waals surface area (Å²) in [6.45, 7) is 1.50. The number of aliphatic imine (C=N–C) groups is 1. The van der Waals surface area contributed by atoms with Crippen molar-refractivity contribution in [3.05, 3.63) is 27.7 Å². The number of benzene rings is 1. The second kappa shape index (κ2) is 5.67. The summed E-state index contributed by atoms with van der Waals surface area (Å²) in [5.74, 6) is 0.488. The van der Waals surface area contributed by atoms with Gasteiger partial charge >= 0.3 is 0 Å². The molecule has 2 N–H and O–H groups in total. The van der Waals surface area contributed by atoms with E-state index in [1.165, 1.54) is 4.90 Å². The van der Waals surface area contributed by atoms with Crippen LogP contribution in [0.2, 0.25) is 10.0 Å². The molecule has 1 amide bonds. The Hall–Kier alpha value is -1.46. The average Bonchev–Trinajstić information content (AvgIpc) is 2.85. The second-order valence-corrected chi connectivity index (χ2v) is 5.11. The van der Waals surface area contributed by atoms with E-state index < -0.39 is 0 Å². The molecule has 102 valence electrons. The minimum atomic E-state index is -0.147. The number of anilines is 1. The monoisotopic (exact) mass is 300 g/mol. The molecule has 0 unspecified atom stereocenters. The summed E-state index contributed by atoms with van der Waals surface area (Å²) in [5.41, 5.74) is 0.999. The Morgan fingerprint density at radius 2 is 2.00 bits per heavy atom. The summed E-state index contributed by atoms with van der Waals surface area (Å²) in [7, 11) is 3.35. The van der Waals surface area contributed by atoms with Gasteiger partial charge in [0.15, 0.2) is 5.96 Å². The Labute approximate surface area is 121 Å². The molecule has 1 aromatic rings. The first kappa shape index (κ1) is 14.0. The fraction of sp³-hybridized carbons (Fsp3) is 0.333. The summed E-state index contributed by atoms with van der Waals surface area (Å²) in [4.78, 5) is 17.5. The molecular weight excluding hydrogens is 287 g/mol. The molecule has 0 spiro atoms. The molecule has 0 fully saturated rings. The number of guanidine groups is 1. The van der Waals surface area contributed by atoms with Crippen LogP contribution in [-0.4, -0.2) is 44.0 Å². The molecule has 0 atom stereocenters. The van der Waals surface area contributed by atoms with Crippen LogP contribution in [0.25, 0.3) is 0 Å². The average molecular weight is 301 g/mol. The molecule has 1 aliphatic heterocycles. The zero-order valence-corrected chi connectivity index (χ0v) is 12.1. The lowest BCUT2D eigenvalue weighted by molar-refractivity contribution is 0.0827. The minimum Gasteiger partial charge on any atom is -0.354 e. The smallest absolute Gasteiger partial charge is 0.253 e. The molecule has 0 bridgehead atoms. The summed E-state index contributed by atoms with van der Waals surface area (Å²) >= 11 is 12.3. The highest BCUT2D eigenvalue weighted by Gasteiger charge is 2.16. The Kier molecular flexibility index (Phi) is 4.17. The highest BCUT2D eigenvalue weighted by Crippen LogP contribution is 2.32. The predicted octanol–water partition coefficient (Wildman–Crippen LogP) is 2.07. The molecule has 5 nitrogen and oxygen atoms in total. The molecule has 1 aromatic carbocycles. The van der Waals surface area contributed by atoms with E-state index in [1.807, 2.05) is 0 Å². The zero-order chi connectivity index (χ0) is 14.0. The molecule has 0 saturated carbocycles. The van der Waals surface area contributed by atoms with Gasteiger partial charge < -0.3 is 15.5 Å². The van der Waals surface area contributed by atoms with Crippen LogP contribution in [0.5, 0.6) is 0 Å². The van der Waals surface area contributed by atoms with Crippen LogP contribution in [-0.2, 0) is 0 Å². The van der Waals surface area contributed by atoms with Gasteiger partial charge in [0, 0.05) is 26.2 Å². The van der Waals surface area contributed by atoms with E-state index in [0.717, 1.165) is 13.1 Å². The van der Waals surface area contributed by atoms with Crippen LogP contribution in [0.4, 0.5) is 5.69 Å². The third-order valence-corrected chi connectivity index (χ3v) is 3.21. The molecule has 0 aliphatic carbocycles. The quantitative estimate of drug-likeness (QED) is 0.879. The molecule has 2 rings (SSSR count). The standard InChI is InChI=1S/C12H14Cl2N4O/c1-18(2)11(19)7-5-8(13)10(9(14)6-7)17-12-15-3-4-16-12/h5-6H,3-4H2,1-2H3,(H2,15,16,17). The second-order valence-electron chi connectivity index (χ2n) is 4.30. The highest BCUT2D eigenvalue weighted by atomic mass is 35.5. The van der Waals surface area contributed by atoms with Gasteiger partial charge in [-0.15, -0.1) is 0 Å².